The van der Waals surface area contributed by atoms with Crippen LogP contribution < -0.4 is 15.6 Å². The summed E-state index contributed by atoms with van der Waals surface area (Å²) in [6.45, 7) is 2.50. The Bertz CT molecular complexity index is 1450. The number of nitrogens with zero attached hydrogens (tertiary/aromatic N) is 3. The van der Waals surface area contributed by atoms with E-state index < -0.39 is 5.91 Å². The average Bonchev–Trinajstić information content (AvgIpc) is 3.31. The van der Waals surface area contributed by atoms with Gasteiger partial charge in [-0.15, -0.1) is 0 Å². The van der Waals surface area contributed by atoms with Crippen molar-refractivity contribution in [2.75, 3.05) is 11.9 Å². The largest absolute Gasteiger partial charge is 0.494 e. The Labute approximate surface area is 167 Å². The Balaban J connectivity index is 1.52. The summed E-state index contributed by atoms with van der Waals surface area (Å²) < 4.78 is 7.97. The van der Waals surface area contributed by atoms with Crippen LogP contribution in [0.3, 0.4) is 0 Å². The SMILES string of the molecule is CCOc1ccc2nc(NC(=O)c3cnn4c3[nH]c(=O)c3ccccc34)sc2c1. The van der Waals surface area contributed by atoms with Gasteiger partial charge in [0.25, 0.3) is 11.5 Å². The number of hydrogen-bond donors (Lipinski definition) is 2. The van der Waals surface area contributed by atoms with Crippen LogP contribution in [0.15, 0.2) is 53.5 Å². The molecule has 0 atom stereocenters. The van der Waals surface area contributed by atoms with Gasteiger partial charge < -0.3 is 9.72 Å². The molecule has 9 heteroatoms. The van der Waals surface area contributed by atoms with Crippen LogP contribution in [0.5, 0.6) is 5.75 Å². The molecule has 0 bridgehead atoms. The van der Waals surface area contributed by atoms with Gasteiger partial charge in [-0.05, 0) is 37.3 Å². The predicted octanol–water partition coefficient (Wildman–Crippen LogP) is 3.44. The van der Waals surface area contributed by atoms with Gasteiger partial charge in [0, 0.05) is 0 Å². The van der Waals surface area contributed by atoms with Gasteiger partial charge in [-0.3, -0.25) is 14.9 Å². The second kappa shape index (κ2) is 6.71. The molecule has 0 spiro atoms. The summed E-state index contributed by atoms with van der Waals surface area (Å²) >= 11 is 1.35. The fraction of sp³-hybridized carbons (Fsp3) is 0.100. The highest BCUT2D eigenvalue weighted by atomic mass is 32.1. The van der Waals surface area contributed by atoms with Crippen molar-refractivity contribution in [3.8, 4) is 5.75 Å². The first-order valence-corrected chi connectivity index (χ1v) is 9.79. The molecule has 8 nitrogen and oxygen atoms in total. The van der Waals surface area contributed by atoms with E-state index in [0.717, 1.165) is 16.0 Å². The maximum absolute atomic E-state index is 12.8. The first-order valence-electron chi connectivity index (χ1n) is 8.97. The van der Waals surface area contributed by atoms with Gasteiger partial charge in [0.15, 0.2) is 5.13 Å². The minimum atomic E-state index is -0.394. The number of para-hydroxylation sites is 1. The quantitative estimate of drug-likeness (QED) is 0.477. The molecule has 0 aliphatic carbocycles. The molecule has 5 rings (SSSR count). The maximum Gasteiger partial charge on any atom is 0.262 e. The summed E-state index contributed by atoms with van der Waals surface area (Å²) in [7, 11) is 0. The molecule has 144 valence electrons. The number of aromatic nitrogens is 4. The number of fused-ring (bicyclic) bond motifs is 4. The summed E-state index contributed by atoms with van der Waals surface area (Å²) in [5, 5.41) is 8.04. The van der Waals surface area contributed by atoms with Crippen LogP contribution in [0.4, 0.5) is 5.13 Å². The molecule has 0 aliphatic rings. The molecule has 5 aromatic rings. The van der Waals surface area contributed by atoms with E-state index in [1.54, 1.807) is 22.7 Å². The second-order valence-corrected chi connectivity index (χ2v) is 7.36. The van der Waals surface area contributed by atoms with Crippen molar-refractivity contribution in [1.29, 1.82) is 0 Å². The number of anilines is 1. The Hall–Kier alpha value is -3.72. The maximum atomic E-state index is 12.8. The van der Waals surface area contributed by atoms with Gasteiger partial charge in [0.2, 0.25) is 0 Å². The number of H-pyrrole nitrogens is 1. The molecule has 29 heavy (non-hydrogen) atoms. The minimum absolute atomic E-state index is 0.266. The van der Waals surface area contributed by atoms with Crippen molar-refractivity contribution in [3.63, 3.8) is 0 Å². The van der Waals surface area contributed by atoms with E-state index in [0.29, 0.717) is 28.3 Å². The Morgan fingerprint density at radius 1 is 1.28 bits per heavy atom. The number of rotatable bonds is 4. The van der Waals surface area contributed by atoms with Crippen molar-refractivity contribution in [2.24, 2.45) is 0 Å². The number of hydrogen-bond acceptors (Lipinski definition) is 6. The fourth-order valence-electron chi connectivity index (χ4n) is 3.22. The third-order valence-corrected chi connectivity index (χ3v) is 5.45. The molecule has 2 aromatic carbocycles. The van der Waals surface area contributed by atoms with Crippen LogP contribution >= 0.6 is 11.3 Å². The number of benzene rings is 2. The van der Waals surface area contributed by atoms with Crippen molar-refractivity contribution in [3.05, 3.63) is 64.6 Å². The van der Waals surface area contributed by atoms with Crippen molar-refractivity contribution >= 4 is 49.1 Å². The summed E-state index contributed by atoms with van der Waals surface area (Å²) in [6.07, 6.45) is 1.44. The normalized spacial score (nSPS) is 11.3. The van der Waals surface area contributed by atoms with E-state index in [1.807, 2.05) is 31.2 Å². The van der Waals surface area contributed by atoms with Crippen LogP contribution in [-0.2, 0) is 0 Å². The zero-order chi connectivity index (χ0) is 20.0. The van der Waals surface area contributed by atoms with Crippen molar-refractivity contribution in [1.82, 2.24) is 19.6 Å². The van der Waals surface area contributed by atoms with E-state index >= 15 is 0 Å². The zero-order valence-electron chi connectivity index (χ0n) is 15.3. The molecule has 1 amide bonds. The Morgan fingerprint density at radius 2 is 2.14 bits per heavy atom. The van der Waals surface area contributed by atoms with Crippen molar-refractivity contribution in [2.45, 2.75) is 6.92 Å². The number of ether oxygens (including phenoxy) is 1. The van der Waals surface area contributed by atoms with Crippen LogP contribution in [-0.4, -0.2) is 32.1 Å². The standard InChI is InChI=1S/C20H15N5O3S/c1-2-28-11-7-8-14-16(9-11)29-20(22-14)24-19(27)13-10-21-25-15-6-4-3-5-12(15)18(26)23-17(13)25/h3-10H,2H2,1H3,(H,23,26)(H,22,24,27). The molecule has 0 aliphatic heterocycles. The topological polar surface area (TPSA) is 101 Å². The lowest BCUT2D eigenvalue weighted by molar-refractivity contribution is 0.102. The summed E-state index contributed by atoms with van der Waals surface area (Å²) in [5.74, 6) is 0.364. The molecule has 3 aromatic heterocycles. The number of aromatic amines is 1. The first kappa shape index (κ1) is 17.4. The number of nitrogens with one attached hydrogen (secondary N) is 2. The molecule has 3 heterocycles. The number of amides is 1. The monoisotopic (exact) mass is 405 g/mol. The van der Waals surface area contributed by atoms with Crippen LogP contribution in [0.25, 0.3) is 26.8 Å². The molecule has 0 radical (unpaired) electrons. The third kappa shape index (κ3) is 2.92. The van der Waals surface area contributed by atoms with Gasteiger partial charge in [-0.25, -0.2) is 9.50 Å². The second-order valence-electron chi connectivity index (χ2n) is 6.33. The smallest absolute Gasteiger partial charge is 0.262 e. The molecule has 0 fully saturated rings. The van der Waals surface area contributed by atoms with Gasteiger partial charge in [-0.2, -0.15) is 5.10 Å². The Morgan fingerprint density at radius 3 is 3.00 bits per heavy atom. The van der Waals surface area contributed by atoms with E-state index in [1.165, 1.54) is 17.5 Å². The summed E-state index contributed by atoms with van der Waals surface area (Å²) in [5.41, 5.74) is 1.74. The average molecular weight is 405 g/mol. The summed E-state index contributed by atoms with van der Waals surface area (Å²) in [6, 6.07) is 12.7. The van der Waals surface area contributed by atoms with E-state index in [2.05, 4.69) is 20.4 Å². The molecule has 0 saturated heterocycles. The van der Waals surface area contributed by atoms with Crippen LogP contribution in [0.2, 0.25) is 0 Å². The van der Waals surface area contributed by atoms with Gasteiger partial charge in [-0.1, -0.05) is 23.5 Å². The highest BCUT2D eigenvalue weighted by molar-refractivity contribution is 7.22. The highest BCUT2D eigenvalue weighted by Crippen LogP contribution is 2.29. The Kier molecular flexibility index (Phi) is 4.02. The minimum Gasteiger partial charge on any atom is -0.494 e. The molecular weight excluding hydrogens is 390 g/mol. The van der Waals surface area contributed by atoms with E-state index in [4.69, 9.17) is 4.74 Å². The highest BCUT2D eigenvalue weighted by Gasteiger charge is 2.18. The van der Waals surface area contributed by atoms with Gasteiger partial charge in [0.1, 0.15) is 17.0 Å². The molecule has 2 N–H and O–H groups in total. The number of thiazole rings is 1. The zero-order valence-corrected chi connectivity index (χ0v) is 16.1. The third-order valence-electron chi connectivity index (χ3n) is 4.51. The molecule has 0 unspecified atom stereocenters. The lowest BCUT2D eigenvalue weighted by Gasteiger charge is -2.02. The lowest BCUT2D eigenvalue weighted by atomic mass is 10.2. The summed E-state index contributed by atoms with van der Waals surface area (Å²) in [4.78, 5) is 32.4. The van der Waals surface area contributed by atoms with Gasteiger partial charge >= 0.3 is 0 Å². The molecule has 0 saturated carbocycles. The van der Waals surface area contributed by atoms with E-state index in [9.17, 15) is 9.59 Å². The lowest BCUT2D eigenvalue weighted by Crippen LogP contribution is -2.15. The fourth-order valence-corrected chi connectivity index (χ4v) is 4.11. The first-order chi connectivity index (χ1) is 14.1. The van der Waals surface area contributed by atoms with Crippen molar-refractivity contribution < 1.29 is 9.53 Å². The predicted molar refractivity (Wildman–Crippen MR) is 112 cm³/mol. The van der Waals surface area contributed by atoms with Crippen LogP contribution in [0, 0.1) is 0 Å². The van der Waals surface area contributed by atoms with E-state index in [-0.39, 0.29) is 11.1 Å². The van der Waals surface area contributed by atoms with Crippen LogP contribution in [0.1, 0.15) is 17.3 Å². The number of carbonyl (C=O) groups is 1. The molecular formula is C20H15N5O3S. The number of carbonyl (C=O) groups excluding carboxylic acids is 1. The van der Waals surface area contributed by atoms with Gasteiger partial charge in [0.05, 0.1) is 33.9 Å².